The van der Waals surface area contributed by atoms with E-state index in [2.05, 4.69) is 199 Å². The molecule has 9 aromatic carbocycles. The Hall–Kier alpha value is -6.44. The van der Waals surface area contributed by atoms with Gasteiger partial charge in [0, 0.05) is 11.4 Å². The van der Waals surface area contributed by atoms with Gasteiger partial charge in [-0.25, -0.2) is 0 Å². The second-order valence-corrected chi connectivity index (χ2v) is 13.7. The Morgan fingerprint density at radius 1 is 0.392 bits per heavy atom. The van der Waals surface area contributed by atoms with E-state index in [9.17, 15) is 0 Å². The van der Waals surface area contributed by atoms with Crippen molar-refractivity contribution in [3.63, 3.8) is 0 Å². The van der Waals surface area contributed by atoms with Gasteiger partial charge in [-0.2, -0.15) is 0 Å². The van der Waals surface area contributed by atoms with Crippen LogP contribution < -0.4 is 4.90 Å². The van der Waals surface area contributed by atoms with Crippen LogP contribution in [0, 0.1) is 0 Å². The van der Waals surface area contributed by atoms with Crippen molar-refractivity contribution in [2.75, 3.05) is 4.90 Å². The van der Waals surface area contributed by atoms with Gasteiger partial charge in [0.25, 0.3) is 0 Å². The van der Waals surface area contributed by atoms with Crippen molar-refractivity contribution in [1.82, 2.24) is 0 Å². The van der Waals surface area contributed by atoms with Gasteiger partial charge in [0.2, 0.25) is 0 Å². The third kappa shape index (κ3) is 5.18. The molecule has 1 aliphatic rings. The molecule has 51 heavy (non-hydrogen) atoms. The fourth-order valence-corrected chi connectivity index (χ4v) is 8.16. The van der Waals surface area contributed by atoms with Gasteiger partial charge in [-0.15, -0.1) is 0 Å². The molecule has 0 aromatic heterocycles. The van der Waals surface area contributed by atoms with Gasteiger partial charge in [0.05, 0.1) is 6.04 Å². The Morgan fingerprint density at radius 3 is 1.78 bits per heavy atom. The Bertz CT molecular complexity index is 2840. The Balaban J connectivity index is 1.07. The molecule has 1 heteroatoms. The summed E-state index contributed by atoms with van der Waals surface area (Å²) < 4.78 is 0. The van der Waals surface area contributed by atoms with Gasteiger partial charge in [-0.3, -0.25) is 0 Å². The molecule has 0 N–H and O–H groups in total. The Morgan fingerprint density at radius 2 is 1.00 bits per heavy atom. The van der Waals surface area contributed by atoms with Crippen LogP contribution in [0.2, 0.25) is 0 Å². The fraction of sp³-hybridized carbons (Fsp3) is 0.0400. The maximum Gasteiger partial charge on any atom is 0.0560 e. The maximum absolute atomic E-state index is 2.53. The summed E-state index contributed by atoms with van der Waals surface area (Å²) in [5.74, 6) is 0. The van der Waals surface area contributed by atoms with Crippen LogP contribution >= 0.6 is 0 Å². The van der Waals surface area contributed by atoms with Crippen LogP contribution in [0.3, 0.4) is 0 Å². The molecule has 240 valence electrons. The van der Waals surface area contributed by atoms with Gasteiger partial charge in [0.1, 0.15) is 0 Å². The molecular weight excluding hydrogens is 615 g/mol. The summed E-state index contributed by atoms with van der Waals surface area (Å²) in [6.07, 6.45) is 8.06. The van der Waals surface area contributed by atoms with Gasteiger partial charge in [0.15, 0.2) is 0 Å². The zero-order chi connectivity index (χ0) is 33.7. The summed E-state index contributed by atoms with van der Waals surface area (Å²) in [6, 6.07) is 64.7. The summed E-state index contributed by atoms with van der Waals surface area (Å²) in [4.78, 5) is 2.53. The number of benzene rings is 9. The highest BCUT2D eigenvalue weighted by Crippen LogP contribution is 2.39. The minimum Gasteiger partial charge on any atom is -0.334 e. The van der Waals surface area contributed by atoms with Gasteiger partial charge < -0.3 is 4.90 Å². The third-order valence-corrected chi connectivity index (χ3v) is 10.7. The first-order valence-electron chi connectivity index (χ1n) is 17.9. The molecule has 0 fully saturated rings. The van der Waals surface area contributed by atoms with E-state index in [1.807, 2.05) is 0 Å². The van der Waals surface area contributed by atoms with Crippen molar-refractivity contribution < 1.29 is 0 Å². The molecule has 1 atom stereocenters. The first-order valence-corrected chi connectivity index (χ1v) is 17.9. The maximum atomic E-state index is 2.53. The molecule has 0 radical (unpaired) electrons. The largest absolute Gasteiger partial charge is 0.334 e. The van der Waals surface area contributed by atoms with Crippen LogP contribution in [0.5, 0.6) is 0 Å². The molecule has 9 aromatic rings. The van der Waals surface area contributed by atoms with Crippen LogP contribution in [0.1, 0.15) is 12.0 Å². The highest BCUT2D eigenvalue weighted by molar-refractivity contribution is 6.20. The molecular formula is C50H35N. The van der Waals surface area contributed by atoms with Crippen LogP contribution in [0.25, 0.3) is 70.6 Å². The average Bonchev–Trinajstić information content (AvgIpc) is 3.21. The lowest BCUT2D eigenvalue weighted by atomic mass is 9.91. The number of hydrogen-bond donors (Lipinski definition) is 0. The lowest BCUT2D eigenvalue weighted by Crippen LogP contribution is -2.30. The number of nitrogens with zero attached hydrogens (tertiary/aromatic N) is 1. The lowest BCUT2D eigenvalue weighted by Gasteiger charge is -2.34. The van der Waals surface area contributed by atoms with Crippen molar-refractivity contribution in [1.29, 1.82) is 0 Å². The summed E-state index contributed by atoms with van der Waals surface area (Å²) in [7, 11) is 0. The second kappa shape index (κ2) is 12.2. The molecule has 1 aliphatic carbocycles. The van der Waals surface area contributed by atoms with Crippen LogP contribution in [-0.2, 0) is 0 Å². The van der Waals surface area contributed by atoms with Gasteiger partial charge in [-0.1, -0.05) is 164 Å². The molecule has 0 saturated heterocycles. The van der Waals surface area contributed by atoms with E-state index in [-0.39, 0.29) is 6.04 Å². The van der Waals surface area contributed by atoms with Crippen molar-refractivity contribution in [2.45, 2.75) is 12.5 Å². The van der Waals surface area contributed by atoms with E-state index >= 15 is 0 Å². The Labute approximate surface area is 298 Å². The summed E-state index contributed by atoms with van der Waals surface area (Å²) in [6.45, 7) is 0. The molecule has 0 saturated carbocycles. The number of anilines is 2. The average molecular weight is 650 g/mol. The zero-order valence-electron chi connectivity index (χ0n) is 28.2. The Kier molecular flexibility index (Phi) is 7.03. The van der Waals surface area contributed by atoms with Crippen molar-refractivity contribution in [2.24, 2.45) is 0 Å². The van der Waals surface area contributed by atoms with E-state index in [4.69, 9.17) is 0 Å². The number of allylic oxidation sites excluding steroid dienone is 2. The minimum absolute atomic E-state index is 0.150. The van der Waals surface area contributed by atoms with Crippen molar-refractivity contribution in [3.05, 3.63) is 200 Å². The first kappa shape index (κ1) is 29.5. The van der Waals surface area contributed by atoms with Crippen molar-refractivity contribution >= 4 is 70.8 Å². The monoisotopic (exact) mass is 649 g/mol. The van der Waals surface area contributed by atoms with E-state index in [0.29, 0.717) is 0 Å². The number of hydrogen-bond acceptors (Lipinski definition) is 1. The molecule has 1 unspecified atom stereocenters. The van der Waals surface area contributed by atoms with E-state index in [1.54, 1.807) is 0 Å². The second-order valence-electron chi connectivity index (χ2n) is 13.7. The summed E-state index contributed by atoms with van der Waals surface area (Å²) >= 11 is 0. The summed E-state index contributed by atoms with van der Waals surface area (Å²) in [5, 5.41) is 12.9. The predicted molar refractivity (Wildman–Crippen MR) is 220 cm³/mol. The first-order chi connectivity index (χ1) is 25.3. The lowest BCUT2D eigenvalue weighted by molar-refractivity contribution is 0.788. The normalized spacial score (nSPS) is 14.4. The molecule has 0 spiro atoms. The van der Waals surface area contributed by atoms with Gasteiger partial charge in [-0.05, 0) is 113 Å². The zero-order valence-corrected chi connectivity index (χ0v) is 28.2. The third-order valence-electron chi connectivity index (χ3n) is 10.7. The van der Waals surface area contributed by atoms with E-state index < -0.39 is 0 Å². The molecule has 0 bridgehead atoms. The highest BCUT2D eigenvalue weighted by Gasteiger charge is 2.22. The topological polar surface area (TPSA) is 3.24 Å². The standard InChI is InChI=1S/C50H35N/c1-2-9-34(10-3-1)41-13-8-14-44(31-41)51(45-30-27-38-18-17-36-11-4-6-15-46(36)48(38)33-45)43-28-25-35(26-29-43)42-24-21-39-20-23-40-22-19-37-12-5-7-16-47(37)50(40)49(39)32-42/h1-28,30-33,43H,29H2. The molecule has 0 heterocycles. The minimum atomic E-state index is 0.150. The smallest absolute Gasteiger partial charge is 0.0560 e. The molecule has 10 rings (SSSR count). The quantitative estimate of drug-likeness (QED) is 0.168. The van der Waals surface area contributed by atoms with Crippen LogP contribution in [0.4, 0.5) is 11.4 Å². The fourth-order valence-electron chi connectivity index (χ4n) is 8.16. The number of fused-ring (bicyclic) bond motifs is 8. The van der Waals surface area contributed by atoms with E-state index in [1.165, 1.54) is 87.5 Å². The number of rotatable bonds is 5. The molecule has 0 amide bonds. The molecule has 0 aliphatic heterocycles. The SMILES string of the molecule is C1=CC(N(c2cccc(-c3ccccc3)c2)c2ccc3ccc4ccccc4c3c2)CC=C1c1ccc2ccc3ccc4ccccc4c3c2c1. The van der Waals surface area contributed by atoms with Gasteiger partial charge >= 0.3 is 0 Å². The predicted octanol–water partition coefficient (Wildman–Crippen LogP) is 13.7. The van der Waals surface area contributed by atoms with Crippen molar-refractivity contribution in [3.8, 4) is 11.1 Å². The van der Waals surface area contributed by atoms with E-state index in [0.717, 1.165) is 6.42 Å². The van der Waals surface area contributed by atoms with Crippen LogP contribution in [0.15, 0.2) is 194 Å². The molecule has 1 nitrogen and oxygen atoms in total. The summed E-state index contributed by atoms with van der Waals surface area (Å²) in [5.41, 5.74) is 7.35. The van der Waals surface area contributed by atoms with Crippen LogP contribution in [-0.4, -0.2) is 6.04 Å². The highest BCUT2D eigenvalue weighted by atomic mass is 15.2.